The number of aliphatic carboxylic acids is 1. The molecule has 4 atom stereocenters. The van der Waals surface area contributed by atoms with Gasteiger partial charge in [-0.3, -0.25) is 4.79 Å². The van der Waals surface area contributed by atoms with E-state index in [1.165, 1.54) is 6.92 Å². The van der Waals surface area contributed by atoms with Crippen molar-refractivity contribution in [1.82, 2.24) is 0 Å². The van der Waals surface area contributed by atoms with Crippen LogP contribution in [0.5, 0.6) is 0 Å². The lowest BCUT2D eigenvalue weighted by Crippen LogP contribution is -2.43. The number of aliphatic hydroxyl groups excluding tert-OH is 3. The van der Waals surface area contributed by atoms with E-state index in [9.17, 15) is 15.0 Å². The van der Waals surface area contributed by atoms with Crippen LogP contribution in [0.1, 0.15) is 20.3 Å². The number of carboxylic acid groups (broad SMARTS) is 1. The Morgan fingerprint density at radius 2 is 1.69 bits per heavy atom. The summed E-state index contributed by atoms with van der Waals surface area (Å²) < 4.78 is 0. The van der Waals surface area contributed by atoms with Crippen LogP contribution in [0, 0.1) is 5.92 Å². The highest BCUT2D eigenvalue weighted by Gasteiger charge is 2.31. The first kappa shape index (κ1) is 12.3. The number of carbonyl (C=O) groups is 1. The average molecular weight is 192 g/mol. The second kappa shape index (κ2) is 5.16. The Balaban J connectivity index is 4.24. The first-order valence-electron chi connectivity index (χ1n) is 4.18. The fraction of sp³-hybridized carbons (Fsp3) is 0.875. The Hall–Kier alpha value is -0.650. The van der Waals surface area contributed by atoms with Crippen molar-refractivity contribution in [3.63, 3.8) is 0 Å². The van der Waals surface area contributed by atoms with Crippen molar-refractivity contribution in [3.8, 4) is 0 Å². The summed E-state index contributed by atoms with van der Waals surface area (Å²) in [5.41, 5.74) is 0. The third kappa shape index (κ3) is 3.30. The van der Waals surface area contributed by atoms with Crippen molar-refractivity contribution in [2.75, 3.05) is 0 Å². The van der Waals surface area contributed by atoms with Gasteiger partial charge in [0, 0.05) is 0 Å². The lowest BCUT2D eigenvalue weighted by molar-refractivity contribution is -0.151. The van der Waals surface area contributed by atoms with Crippen molar-refractivity contribution in [2.45, 2.75) is 38.6 Å². The topological polar surface area (TPSA) is 98.0 Å². The molecule has 4 N–H and O–H groups in total. The predicted octanol–water partition coefficient (Wildman–Crippen LogP) is -0.800. The monoisotopic (exact) mass is 192 g/mol. The first-order chi connectivity index (χ1) is 5.91. The van der Waals surface area contributed by atoms with Gasteiger partial charge in [-0.2, -0.15) is 0 Å². The van der Waals surface area contributed by atoms with Gasteiger partial charge >= 0.3 is 5.97 Å². The molecule has 0 aliphatic rings. The molecule has 5 nitrogen and oxygen atoms in total. The Labute approximate surface area is 76.6 Å². The van der Waals surface area contributed by atoms with E-state index in [1.807, 2.05) is 0 Å². The molecule has 0 amide bonds. The van der Waals surface area contributed by atoms with Crippen LogP contribution in [-0.2, 0) is 4.79 Å². The predicted molar refractivity (Wildman–Crippen MR) is 45.1 cm³/mol. The van der Waals surface area contributed by atoms with E-state index in [4.69, 9.17) is 10.2 Å². The minimum Gasteiger partial charge on any atom is -0.481 e. The van der Waals surface area contributed by atoms with Gasteiger partial charge in [-0.05, 0) is 13.3 Å². The Kier molecular flexibility index (Phi) is 4.90. The second-order valence-electron chi connectivity index (χ2n) is 3.08. The van der Waals surface area contributed by atoms with Crippen LogP contribution < -0.4 is 0 Å². The lowest BCUT2D eigenvalue weighted by atomic mass is 9.95. The van der Waals surface area contributed by atoms with Gasteiger partial charge in [0.15, 0.2) is 0 Å². The van der Waals surface area contributed by atoms with E-state index in [0.29, 0.717) is 0 Å². The van der Waals surface area contributed by atoms with E-state index in [-0.39, 0.29) is 6.42 Å². The van der Waals surface area contributed by atoms with Gasteiger partial charge in [-0.25, -0.2) is 0 Å². The molecule has 0 aliphatic carbocycles. The maximum Gasteiger partial charge on any atom is 0.308 e. The van der Waals surface area contributed by atoms with Crippen molar-refractivity contribution < 1.29 is 25.2 Å². The lowest BCUT2D eigenvalue weighted by Gasteiger charge is -2.24. The van der Waals surface area contributed by atoms with Crippen LogP contribution in [0.25, 0.3) is 0 Å². The molecule has 0 saturated heterocycles. The molecule has 0 aromatic carbocycles. The van der Waals surface area contributed by atoms with Gasteiger partial charge in [-0.15, -0.1) is 0 Å². The first-order valence-corrected chi connectivity index (χ1v) is 4.18. The summed E-state index contributed by atoms with van der Waals surface area (Å²) in [5, 5.41) is 36.1. The van der Waals surface area contributed by atoms with Gasteiger partial charge < -0.3 is 20.4 Å². The molecule has 0 aromatic heterocycles. The largest absolute Gasteiger partial charge is 0.481 e. The molecule has 0 radical (unpaired) electrons. The van der Waals surface area contributed by atoms with Crippen LogP contribution in [0.2, 0.25) is 0 Å². The number of hydrogen-bond donors (Lipinski definition) is 4. The number of carboxylic acids is 1. The minimum atomic E-state index is -1.44. The molecule has 0 rings (SSSR count). The highest BCUT2D eigenvalue weighted by molar-refractivity contribution is 5.70. The van der Waals surface area contributed by atoms with Gasteiger partial charge in [0.25, 0.3) is 0 Å². The molecular formula is C8H16O5. The van der Waals surface area contributed by atoms with Crippen molar-refractivity contribution in [2.24, 2.45) is 5.92 Å². The van der Waals surface area contributed by atoms with Crippen LogP contribution in [-0.4, -0.2) is 44.7 Å². The summed E-state index contributed by atoms with van der Waals surface area (Å²) in [5.74, 6) is -2.29. The third-order valence-electron chi connectivity index (χ3n) is 2.06. The molecule has 4 unspecified atom stereocenters. The summed E-state index contributed by atoms with van der Waals surface area (Å²) in [7, 11) is 0. The molecular weight excluding hydrogens is 176 g/mol. The Morgan fingerprint density at radius 1 is 1.23 bits per heavy atom. The summed E-state index contributed by atoms with van der Waals surface area (Å²) in [4.78, 5) is 10.4. The molecule has 13 heavy (non-hydrogen) atoms. The Bertz CT molecular complexity index is 170. The summed E-state index contributed by atoms with van der Waals surface area (Å²) in [6.07, 6.45) is -3.66. The smallest absolute Gasteiger partial charge is 0.308 e. The molecule has 78 valence electrons. The van der Waals surface area contributed by atoms with E-state index < -0.39 is 30.2 Å². The van der Waals surface area contributed by atoms with E-state index in [2.05, 4.69) is 0 Å². The average Bonchev–Trinajstić information content (AvgIpc) is 2.12. The maximum absolute atomic E-state index is 10.4. The normalized spacial score (nSPS) is 20.4. The highest BCUT2D eigenvalue weighted by atomic mass is 16.4. The molecule has 0 heterocycles. The van der Waals surface area contributed by atoms with Crippen LogP contribution in [0.3, 0.4) is 0 Å². The molecule has 0 saturated carbocycles. The third-order valence-corrected chi connectivity index (χ3v) is 2.06. The van der Waals surface area contributed by atoms with Crippen LogP contribution in [0.15, 0.2) is 0 Å². The molecule has 0 fully saturated rings. The van der Waals surface area contributed by atoms with E-state index >= 15 is 0 Å². The summed E-state index contributed by atoms with van der Waals surface area (Å²) in [6.45, 7) is 2.91. The fourth-order valence-electron chi connectivity index (χ4n) is 0.911. The zero-order chi connectivity index (χ0) is 10.6. The standard InChI is InChI=1S/C8H16O5/c1-3-5(9)7(11)6(10)4(2)8(12)13/h4-7,9-11H,3H2,1-2H3,(H,12,13). The minimum absolute atomic E-state index is 0.268. The zero-order valence-corrected chi connectivity index (χ0v) is 7.71. The van der Waals surface area contributed by atoms with Crippen molar-refractivity contribution >= 4 is 5.97 Å². The maximum atomic E-state index is 10.4. The zero-order valence-electron chi connectivity index (χ0n) is 7.71. The Morgan fingerprint density at radius 3 is 2.00 bits per heavy atom. The van der Waals surface area contributed by atoms with Crippen LogP contribution >= 0.6 is 0 Å². The summed E-state index contributed by atoms with van der Waals surface area (Å²) in [6, 6.07) is 0. The van der Waals surface area contributed by atoms with E-state index in [1.54, 1.807) is 6.92 Å². The van der Waals surface area contributed by atoms with Gasteiger partial charge in [0.05, 0.1) is 18.1 Å². The van der Waals surface area contributed by atoms with Crippen molar-refractivity contribution in [1.29, 1.82) is 0 Å². The summed E-state index contributed by atoms with van der Waals surface area (Å²) >= 11 is 0. The van der Waals surface area contributed by atoms with Gasteiger partial charge in [-0.1, -0.05) is 6.92 Å². The quantitative estimate of drug-likeness (QED) is 0.457. The molecule has 0 spiro atoms. The van der Waals surface area contributed by atoms with Gasteiger partial charge in [0.1, 0.15) is 6.10 Å². The van der Waals surface area contributed by atoms with Crippen LogP contribution in [0.4, 0.5) is 0 Å². The molecule has 0 bridgehead atoms. The molecule has 0 aliphatic heterocycles. The SMILES string of the molecule is CCC(O)C(O)C(O)C(C)C(=O)O. The molecule has 0 aromatic rings. The number of rotatable bonds is 5. The van der Waals surface area contributed by atoms with Crippen molar-refractivity contribution in [3.05, 3.63) is 0 Å². The number of aliphatic hydroxyl groups is 3. The highest BCUT2D eigenvalue weighted by Crippen LogP contribution is 2.12. The second-order valence-corrected chi connectivity index (χ2v) is 3.08. The molecule has 5 heteroatoms. The van der Waals surface area contributed by atoms with Gasteiger partial charge in [0.2, 0.25) is 0 Å². The fourth-order valence-corrected chi connectivity index (χ4v) is 0.911. The van der Waals surface area contributed by atoms with E-state index in [0.717, 1.165) is 0 Å². The number of hydrogen-bond acceptors (Lipinski definition) is 4.